The van der Waals surface area contributed by atoms with Gasteiger partial charge in [-0.3, -0.25) is 14.2 Å². The number of hydrogen-bond acceptors (Lipinski definition) is 8. The van der Waals surface area contributed by atoms with Crippen LogP contribution in [0.4, 0.5) is 0 Å². The lowest BCUT2D eigenvalue weighted by atomic mass is 10.0. The van der Waals surface area contributed by atoms with Gasteiger partial charge in [0.2, 0.25) is 0 Å². The van der Waals surface area contributed by atoms with Crippen molar-refractivity contribution in [2.45, 2.75) is 277 Å². The highest BCUT2D eigenvalue weighted by molar-refractivity contribution is 7.45. The van der Waals surface area contributed by atoms with E-state index < -0.39 is 32.5 Å². The quantitative estimate of drug-likeness (QED) is 0.0195. The number of phosphoric ester groups is 1. The van der Waals surface area contributed by atoms with Crippen LogP contribution in [-0.4, -0.2) is 70.0 Å². The van der Waals surface area contributed by atoms with Crippen molar-refractivity contribution >= 4 is 19.8 Å². The van der Waals surface area contributed by atoms with E-state index in [1.54, 1.807) is 0 Å². The maximum Gasteiger partial charge on any atom is 0.306 e. The number of rotatable bonds is 65. The molecule has 0 radical (unpaired) electrons. The first-order valence-electron chi connectivity index (χ1n) is 36.5. The Kier molecular flexibility index (Phi) is 66.7. The molecule has 9 nitrogen and oxygen atoms in total. The SMILES string of the molecule is CC/C=C\C/C=C\C/C=C\C/C=C\C/C=C\C/C=C\C/C=C\C/C=C\CCCCCCCCCCCCCCC(=O)OC(COC(=O)CCCCCCCCCCC/C=C\C/C=C\C/C=C\C/C=C\C/C=C\C/C=C\C/C=C\CC)COP(=O)([O-])OCC[N+](C)(C)C. The van der Waals surface area contributed by atoms with Gasteiger partial charge in [0, 0.05) is 12.8 Å². The van der Waals surface area contributed by atoms with E-state index >= 15 is 0 Å². The van der Waals surface area contributed by atoms with Crippen LogP contribution in [0.1, 0.15) is 271 Å². The largest absolute Gasteiger partial charge is 0.756 e. The minimum Gasteiger partial charge on any atom is -0.756 e. The van der Waals surface area contributed by atoms with Gasteiger partial charge in [-0.2, -0.15) is 0 Å². The maximum absolute atomic E-state index is 12.9. The van der Waals surface area contributed by atoms with Gasteiger partial charge in [0.25, 0.3) is 7.82 Å². The van der Waals surface area contributed by atoms with E-state index in [1.807, 2.05) is 21.1 Å². The minimum atomic E-state index is -4.66. The Morgan fingerprint density at radius 3 is 0.870 bits per heavy atom. The Balaban J connectivity index is 4.11. The van der Waals surface area contributed by atoms with Gasteiger partial charge in [0.15, 0.2) is 6.10 Å². The molecule has 0 saturated carbocycles. The number of carbonyl (C=O) groups is 2. The van der Waals surface area contributed by atoms with E-state index in [9.17, 15) is 19.0 Å². The maximum atomic E-state index is 12.9. The molecule has 0 aromatic carbocycles. The predicted molar refractivity (Wildman–Crippen MR) is 396 cm³/mol. The predicted octanol–water partition coefficient (Wildman–Crippen LogP) is 23.6. The van der Waals surface area contributed by atoms with Crippen molar-refractivity contribution in [3.8, 4) is 0 Å². The van der Waals surface area contributed by atoms with Crippen LogP contribution in [0.15, 0.2) is 182 Å². The number of quaternary nitrogens is 1. The van der Waals surface area contributed by atoms with E-state index in [0.717, 1.165) is 148 Å². The average Bonchev–Trinajstić information content (AvgIpc) is 2.34. The summed E-state index contributed by atoms with van der Waals surface area (Å²) in [7, 11) is 1.14. The van der Waals surface area contributed by atoms with E-state index in [-0.39, 0.29) is 26.1 Å². The van der Waals surface area contributed by atoms with Gasteiger partial charge in [0.05, 0.1) is 27.7 Å². The van der Waals surface area contributed by atoms with Gasteiger partial charge in [-0.25, -0.2) is 0 Å². The molecule has 0 heterocycles. The van der Waals surface area contributed by atoms with Crippen molar-refractivity contribution in [2.75, 3.05) is 47.5 Å². The second kappa shape index (κ2) is 70.4. The monoisotopic (exact) mass is 1290 g/mol. The van der Waals surface area contributed by atoms with Crippen molar-refractivity contribution < 1.29 is 42.1 Å². The molecule has 0 aliphatic carbocycles. The van der Waals surface area contributed by atoms with Crippen molar-refractivity contribution in [1.29, 1.82) is 0 Å². The normalized spacial score (nSPS) is 14.2. The highest BCUT2D eigenvalue weighted by atomic mass is 31.2. The zero-order valence-corrected chi connectivity index (χ0v) is 60.1. The molecule has 0 spiro atoms. The first-order chi connectivity index (χ1) is 45.0. The van der Waals surface area contributed by atoms with Gasteiger partial charge in [0.1, 0.15) is 19.8 Å². The molecule has 0 bridgehead atoms. The second-order valence-corrected chi connectivity index (χ2v) is 26.2. The lowest BCUT2D eigenvalue weighted by molar-refractivity contribution is -0.870. The third kappa shape index (κ3) is 74.2. The molecule has 0 N–H and O–H groups in total. The zero-order valence-electron chi connectivity index (χ0n) is 59.2. The van der Waals surface area contributed by atoms with Crippen LogP contribution in [0.25, 0.3) is 0 Å². The molecule has 2 unspecified atom stereocenters. The van der Waals surface area contributed by atoms with Crippen LogP contribution in [-0.2, 0) is 32.7 Å². The zero-order chi connectivity index (χ0) is 66.9. The first kappa shape index (κ1) is 87.1. The van der Waals surface area contributed by atoms with Crippen molar-refractivity contribution in [3.63, 3.8) is 0 Å². The van der Waals surface area contributed by atoms with Crippen LogP contribution in [0.2, 0.25) is 0 Å². The molecular formula is C82H134NO8P. The summed E-state index contributed by atoms with van der Waals surface area (Å²) < 4.78 is 34.3. The Labute approximate surface area is 565 Å². The number of esters is 2. The topological polar surface area (TPSA) is 111 Å². The summed E-state index contributed by atoms with van der Waals surface area (Å²) in [5, 5.41) is 0. The summed E-state index contributed by atoms with van der Waals surface area (Å²) in [5.74, 6) is -0.851. The molecule has 0 saturated heterocycles. The minimum absolute atomic E-state index is 0.0410. The average molecular weight is 1290 g/mol. The molecule has 0 aliphatic heterocycles. The molecule has 0 aliphatic rings. The number of carbonyl (C=O) groups excluding carboxylic acids is 2. The number of unbranched alkanes of at least 4 members (excludes halogenated alkanes) is 21. The summed E-state index contributed by atoms with van der Waals surface area (Å²) in [4.78, 5) is 38.1. The van der Waals surface area contributed by atoms with E-state index in [1.165, 1.54) is 83.5 Å². The molecule has 0 amide bonds. The van der Waals surface area contributed by atoms with Crippen molar-refractivity contribution in [1.82, 2.24) is 0 Å². The Morgan fingerprint density at radius 2 is 0.587 bits per heavy atom. The molecule has 0 fully saturated rings. The highest BCUT2D eigenvalue weighted by Gasteiger charge is 2.22. The third-order valence-corrected chi connectivity index (χ3v) is 15.9. The summed E-state index contributed by atoms with van der Waals surface area (Å²) in [6.07, 6.45) is 108. The third-order valence-electron chi connectivity index (χ3n) is 14.9. The Bertz CT molecular complexity index is 2210. The fraction of sp³-hybridized carbons (Fsp3) is 0.610. The van der Waals surface area contributed by atoms with Gasteiger partial charge >= 0.3 is 11.9 Å². The van der Waals surface area contributed by atoms with Crippen molar-refractivity contribution in [2.24, 2.45) is 0 Å². The summed E-state index contributed by atoms with van der Waals surface area (Å²) in [6, 6.07) is 0. The molecule has 0 aromatic heterocycles. The van der Waals surface area contributed by atoms with Gasteiger partial charge < -0.3 is 27.9 Å². The summed E-state index contributed by atoms with van der Waals surface area (Å²) in [6.45, 7) is 3.99. The second-order valence-electron chi connectivity index (χ2n) is 24.8. The highest BCUT2D eigenvalue weighted by Crippen LogP contribution is 2.38. The number of nitrogens with zero attached hydrogens (tertiary/aromatic N) is 1. The van der Waals surface area contributed by atoms with Crippen LogP contribution >= 0.6 is 7.82 Å². The molecule has 2 atom stereocenters. The van der Waals surface area contributed by atoms with Gasteiger partial charge in [-0.15, -0.1) is 0 Å². The number of phosphoric acid groups is 1. The number of ether oxygens (including phenoxy) is 2. The summed E-state index contributed by atoms with van der Waals surface area (Å²) >= 11 is 0. The fourth-order valence-corrected chi connectivity index (χ4v) is 10.1. The van der Waals surface area contributed by atoms with Crippen LogP contribution in [0.3, 0.4) is 0 Å². The smallest absolute Gasteiger partial charge is 0.306 e. The molecule has 520 valence electrons. The van der Waals surface area contributed by atoms with Crippen LogP contribution in [0.5, 0.6) is 0 Å². The fourth-order valence-electron chi connectivity index (χ4n) is 9.42. The number of hydrogen-bond donors (Lipinski definition) is 0. The molecule has 0 aromatic rings. The van der Waals surface area contributed by atoms with E-state index in [4.69, 9.17) is 18.5 Å². The van der Waals surface area contributed by atoms with E-state index in [0.29, 0.717) is 23.9 Å². The lowest BCUT2D eigenvalue weighted by Gasteiger charge is -2.28. The van der Waals surface area contributed by atoms with Gasteiger partial charge in [-0.05, 0) is 135 Å². The first-order valence-corrected chi connectivity index (χ1v) is 38.0. The van der Waals surface area contributed by atoms with Crippen LogP contribution < -0.4 is 4.89 Å². The Morgan fingerprint density at radius 1 is 0.337 bits per heavy atom. The summed E-state index contributed by atoms with van der Waals surface area (Å²) in [5.41, 5.74) is 0. The van der Waals surface area contributed by atoms with Crippen molar-refractivity contribution in [3.05, 3.63) is 182 Å². The lowest BCUT2D eigenvalue weighted by Crippen LogP contribution is -2.37. The Hall–Kier alpha value is -4.89. The van der Waals surface area contributed by atoms with E-state index in [2.05, 4.69) is 196 Å². The molecular weight excluding hydrogens is 1160 g/mol. The molecule has 10 heteroatoms. The number of allylic oxidation sites excluding steroid dienone is 30. The molecule has 0 rings (SSSR count). The number of likely N-dealkylation sites (N-methyl/N-ethyl adjacent to an activating group) is 1. The standard InChI is InChI=1S/C82H134NO8P/c1-6-8-10-12-14-16-18-20-22-24-26-28-30-32-34-36-38-39-40-41-42-43-45-47-49-51-53-55-57-59-61-63-65-67-69-71-73-75-82(85)91-80(79-90-92(86,87)89-77-76-83(3,4)5)78-88-81(84)74-72-70-68-66-64-62-60-58-56-54-52-50-48-46-44-37-35-33-31-29-27-25-23-21-19-17-15-13-11-9-7-2/h8-11,14-17,20-23,26-29,32-35,38-39,41-42,44-47,50,52,80H,6-7,12-13,18-19,24-25,30-31,36-37,40,43,48-49,51,53-79H2,1-5H3/b10-8-,11-9-,16-14-,17-15-,22-20-,23-21-,28-26-,29-27-,34-32-,35-33-,39-38-,42-41-,46-44-,47-45-,52-50-. The molecule has 92 heavy (non-hydrogen) atoms. The van der Waals surface area contributed by atoms with Crippen LogP contribution in [0, 0.1) is 0 Å². The van der Waals surface area contributed by atoms with Gasteiger partial charge in [-0.1, -0.05) is 305 Å².